The maximum Gasteiger partial charge on any atom is 0.296 e. The molecule has 0 bridgehead atoms. The van der Waals surface area contributed by atoms with Crippen molar-refractivity contribution in [2.75, 3.05) is 12.0 Å². The van der Waals surface area contributed by atoms with Gasteiger partial charge in [0, 0.05) is 16.5 Å². The van der Waals surface area contributed by atoms with E-state index in [2.05, 4.69) is 15.6 Å². The number of aryl methyl sites for hydroxylation is 1. The van der Waals surface area contributed by atoms with Gasteiger partial charge in [0.15, 0.2) is 5.71 Å². The van der Waals surface area contributed by atoms with Crippen molar-refractivity contribution in [1.29, 1.82) is 0 Å². The van der Waals surface area contributed by atoms with Gasteiger partial charge in [0.2, 0.25) is 0 Å². The van der Waals surface area contributed by atoms with Crippen molar-refractivity contribution in [3.8, 4) is 17.0 Å². The number of hydrogen-bond acceptors (Lipinski definition) is 7. The number of ether oxygens (including phenoxy) is 1. The van der Waals surface area contributed by atoms with Crippen LogP contribution in [0.25, 0.3) is 11.3 Å². The number of amides is 1. The molecular formula is C23H23N5O2S. The third-order valence-corrected chi connectivity index (χ3v) is 5.62. The van der Waals surface area contributed by atoms with E-state index in [9.17, 15) is 4.79 Å². The van der Waals surface area contributed by atoms with Gasteiger partial charge in [-0.15, -0.1) is 11.3 Å². The maximum absolute atomic E-state index is 12.9. The van der Waals surface area contributed by atoms with Gasteiger partial charge >= 0.3 is 0 Å². The number of carbonyl (C=O) groups is 1. The third-order valence-electron chi connectivity index (χ3n) is 4.67. The summed E-state index contributed by atoms with van der Waals surface area (Å²) in [5.74, 6) is 0.492. The molecule has 31 heavy (non-hydrogen) atoms. The average molecular weight is 434 g/mol. The molecule has 1 aliphatic heterocycles. The number of benzene rings is 2. The van der Waals surface area contributed by atoms with Crippen LogP contribution in [0.1, 0.15) is 23.7 Å². The van der Waals surface area contributed by atoms with Crippen LogP contribution >= 0.6 is 11.3 Å². The van der Waals surface area contributed by atoms with Gasteiger partial charge in [-0.25, -0.2) is 9.99 Å². The Labute approximate surface area is 185 Å². The molecule has 0 unspecified atom stereocenters. The first kappa shape index (κ1) is 20.7. The molecule has 8 heteroatoms. The maximum atomic E-state index is 12.9. The van der Waals surface area contributed by atoms with Gasteiger partial charge < -0.3 is 4.74 Å². The van der Waals surface area contributed by atoms with E-state index >= 15 is 0 Å². The van der Waals surface area contributed by atoms with E-state index in [-0.39, 0.29) is 5.91 Å². The molecule has 0 aliphatic carbocycles. The van der Waals surface area contributed by atoms with E-state index in [0.29, 0.717) is 24.6 Å². The van der Waals surface area contributed by atoms with Crippen LogP contribution in [0.2, 0.25) is 0 Å². The zero-order chi connectivity index (χ0) is 21.8. The zero-order valence-corrected chi connectivity index (χ0v) is 18.4. The first-order chi connectivity index (χ1) is 15.0. The molecule has 2 aromatic carbocycles. The summed E-state index contributed by atoms with van der Waals surface area (Å²) in [5.41, 5.74) is 6.53. The number of rotatable bonds is 7. The lowest BCUT2D eigenvalue weighted by Crippen LogP contribution is -2.27. The lowest BCUT2D eigenvalue weighted by atomic mass is 10.1. The summed E-state index contributed by atoms with van der Waals surface area (Å²) >= 11 is 1.57. The first-order valence-corrected chi connectivity index (χ1v) is 10.8. The Morgan fingerprint density at radius 2 is 1.94 bits per heavy atom. The van der Waals surface area contributed by atoms with Crippen LogP contribution in [0.3, 0.4) is 0 Å². The van der Waals surface area contributed by atoms with Crippen LogP contribution in [0.4, 0.5) is 5.69 Å². The molecule has 1 N–H and O–H groups in total. The fourth-order valence-corrected chi connectivity index (χ4v) is 4.18. The number of aromatic nitrogens is 1. The Kier molecular flexibility index (Phi) is 6.08. The van der Waals surface area contributed by atoms with Crippen molar-refractivity contribution < 1.29 is 9.53 Å². The fourth-order valence-electron chi connectivity index (χ4n) is 3.24. The second-order valence-electron chi connectivity index (χ2n) is 6.96. The molecule has 1 aromatic heterocycles. The number of thiazole rings is 1. The van der Waals surface area contributed by atoms with Crippen molar-refractivity contribution in [3.05, 3.63) is 64.5 Å². The van der Waals surface area contributed by atoms with Crippen LogP contribution < -0.4 is 10.2 Å². The Morgan fingerprint density at radius 3 is 2.71 bits per heavy atom. The van der Waals surface area contributed by atoms with Crippen LogP contribution in [0.5, 0.6) is 5.75 Å². The minimum absolute atomic E-state index is 0.250. The van der Waals surface area contributed by atoms with Crippen LogP contribution in [0, 0.1) is 6.92 Å². The monoisotopic (exact) mass is 433 g/mol. The van der Waals surface area contributed by atoms with Gasteiger partial charge in [0.25, 0.3) is 5.91 Å². The normalized spacial score (nSPS) is 14.8. The Hall–Kier alpha value is -3.52. The van der Waals surface area contributed by atoms with Crippen LogP contribution in [-0.2, 0) is 11.3 Å². The molecule has 0 spiro atoms. The summed E-state index contributed by atoms with van der Waals surface area (Å²) in [7, 11) is 0. The fraction of sp³-hybridized carbons (Fsp3) is 0.217. The van der Waals surface area contributed by atoms with Gasteiger partial charge in [-0.3, -0.25) is 10.2 Å². The second kappa shape index (κ2) is 9.09. The van der Waals surface area contributed by atoms with E-state index in [4.69, 9.17) is 9.72 Å². The van der Waals surface area contributed by atoms with Gasteiger partial charge in [0.1, 0.15) is 10.8 Å². The van der Waals surface area contributed by atoms with E-state index in [1.807, 2.05) is 68.4 Å². The van der Waals surface area contributed by atoms with Crippen molar-refractivity contribution in [2.45, 2.75) is 27.3 Å². The molecular weight excluding hydrogens is 410 g/mol. The third kappa shape index (κ3) is 4.64. The van der Waals surface area contributed by atoms with Crippen molar-refractivity contribution in [3.63, 3.8) is 0 Å². The molecule has 3 aromatic rings. The Balaban J connectivity index is 1.47. The minimum Gasteiger partial charge on any atom is -0.494 e. The number of carbonyl (C=O) groups excluding carboxylic acids is 1. The summed E-state index contributed by atoms with van der Waals surface area (Å²) < 4.78 is 5.49. The average Bonchev–Trinajstić information content (AvgIpc) is 3.26. The predicted octanol–water partition coefficient (Wildman–Crippen LogP) is 4.70. The lowest BCUT2D eigenvalue weighted by molar-refractivity contribution is -0.123. The molecule has 1 amide bonds. The molecule has 2 heterocycles. The summed E-state index contributed by atoms with van der Waals surface area (Å²) in [6.07, 6.45) is 0. The predicted molar refractivity (Wildman–Crippen MR) is 125 cm³/mol. The number of hydrazone groups is 2. The van der Waals surface area contributed by atoms with Gasteiger partial charge in [-0.05, 0) is 32.9 Å². The van der Waals surface area contributed by atoms with Crippen molar-refractivity contribution in [2.24, 2.45) is 10.2 Å². The molecule has 7 nitrogen and oxygen atoms in total. The lowest BCUT2D eigenvalue weighted by Gasteiger charge is -2.09. The van der Waals surface area contributed by atoms with Crippen LogP contribution in [0.15, 0.2) is 64.8 Å². The summed E-state index contributed by atoms with van der Waals surface area (Å²) in [4.78, 5) is 18.7. The zero-order valence-electron chi connectivity index (χ0n) is 17.6. The Morgan fingerprint density at radius 1 is 1.13 bits per heavy atom. The highest BCUT2D eigenvalue weighted by atomic mass is 32.1. The standard InChI is InChI=1S/C23H23N5O2S/c1-4-30-19-12-8-11-18(13-19)25-26-21-15(2)27-28(23(21)29)14-20-24-22(16(3)31-20)17-9-6-5-7-10-17/h5-13,25H,4,14H2,1-3H3/b26-21+. The summed E-state index contributed by atoms with van der Waals surface area (Å²) in [5, 5.41) is 10.9. The second-order valence-corrected chi connectivity index (χ2v) is 8.25. The molecule has 4 rings (SSSR count). The highest BCUT2D eigenvalue weighted by Crippen LogP contribution is 2.28. The topological polar surface area (TPSA) is 79.2 Å². The smallest absolute Gasteiger partial charge is 0.296 e. The molecule has 158 valence electrons. The van der Waals surface area contributed by atoms with Crippen molar-refractivity contribution >= 4 is 34.4 Å². The molecule has 0 saturated heterocycles. The Bertz CT molecular complexity index is 1150. The SMILES string of the molecule is CCOc1cccc(N/N=C2/C(=O)N(Cc3nc(-c4ccccc4)c(C)s3)N=C2C)c1. The molecule has 0 saturated carbocycles. The van der Waals surface area contributed by atoms with Gasteiger partial charge in [-0.1, -0.05) is 36.4 Å². The number of hydrogen-bond donors (Lipinski definition) is 1. The number of nitrogens with zero attached hydrogens (tertiary/aromatic N) is 4. The van der Waals surface area contributed by atoms with E-state index in [1.165, 1.54) is 5.01 Å². The highest BCUT2D eigenvalue weighted by molar-refractivity contribution is 7.12. The van der Waals surface area contributed by atoms with E-state index in [1.54, 1.807) is 18.3 Å². The highest BCUT2D eigenvalue weighted by Gasteiger charge is 2.30. The van der Waals surface area contributed by atoms with Gasteiger partial charge in [-0.2, -0.15) is 10.2 Å². The number of nitrogens with one attached hydrogen (secondary N) is 1. The molecule has 0 radical (unpaired) electrons. The minimum atomic E-state index is -0.250. The van der Waals surface area contributed by atoms with Gasteiger partial charge in [0.05, 0.1) is 30.2 Å². The molecule has 0 fully saturated rings. The molecule has 1 aliphatic rings. The molecule has 0 atom stereocenters. The van der Waals surface area contributed by atoms with Crippen LogP contribution in [-0.4, -0.2) is 33.9 Å². The van der Waals surface area contributed by atoms with E-state index in [0.717, 1.165) is 32.6 Å². The summed E-state index contributed by atoms with van der Waals surface area (Å²) in [6, 6.07) is 17.5. The van der Waals surface area contributed by atoms with E-state index < -0.39 is 0 Å². The first-order valence-electron chi connectivity index (χ1n) is 10.0. The summed E-state index contributed by atoms with van der Waals surface area (Å²) in [6.45, 7) is 6.64. The number of anilines is 1. The quantitative estimate of drug-likeness (QED) is 0.548. The largest absolute Gasteiger partial charge is 0.494 e. The van der Waals surface area contributed by atoms with Crippen molar-refractivity contribution in [1.82, 2.24) is 9.99 Å².